The largest absolute Gasteiger partial charge is 0.493 e. The number of para-hydroxylation sites is 2. The molecule has 1 N–H and O–H groups in total. The molecular formula is C23H25NO4. The molecule has 3 aromatic rings. The highest BCUT2D eigenvalue weighted by molar-refractivity contribution is 5.91. The summed E-state index contributed by atoms with van der Waals surface area (Å²) in [4.78, 5) is 12.6. The molecule has 0 radical (unpaired) electrons. The third-order valence-electron chi connectivity index (χ3n) is 4.52. The van der Waals surface area contributed by atoms with Crippen LogP contribution in [0.2, 0.25) is 0 Å². The highest BCUT2D eigenvalue weighted by Gasteiger charge is 2.17. The minimum absolute atomic E-state index is 0.0634. The van der Waals surface area contributed by atoms with Crippen LogP contribution < -0.4 is 14.8 Å². The van der Waals surface area contributed by atoms with Gasteiger partial charge in [-0.3, -0.25) is 4.79 Å². The number of ether oxygens (including phenoxy) is 2. The Kier molecular flexibility index (Phi) is 6.37. The maximum absolute atomic E-state index is 12.6. The molecule has 1 aromatic heterocycles. The number of amides is 1. The summed E-state index contributed by atoms with van der Waals surface area (Å²) in [6.07, 6.45) is 0.791. The molecule has 0 aliphatic carbocycles. The molecule has 5 heteroatoms. The van der Waals surface area contributed by atoms with Gasteiger partial charge in [0.05, 0.1) is 13.2 Å². The molecule has 1 amide bonds. The fourth-order valence-electron chi connectivity index (χ4n) is 2.91. The number of aryl methyl sites for hydroxylation is 1. The van der Waals surface area contributed by atoms with Gasteiger partial charge in [-0.1, -0.05) is 48.9 Å². The number of carbonyl (C=O) groups excluding carboxylic acids is 1. The molecule has 146 valence electrons. The average molecular weight is 379 g/mol. The fourth-order valence-corrected chi connectivity index (χ4v) is 2.91. The van der Waals surface area contributed by atoms with Gasteiger partial charge in [0, 0.05) is 0 Å². The molecule has 0 saturated heterocycles. The van der Waals surface area contributed by atoms with Gasteiger partial charge in [0.15, 0.2) is 17.3 Å². The van der Waals surface area contributed by atoms with Gasteiger partial charge >= 0.3 is 0 Å². The first-order valence-electron chi connectivity index (χ1n) is 9.32. The van der Waals surface area contributed by atoms with E-state index in [0.29, 0.717) is 17.3 Å². The van der Waals surface area contributed by atoms with E-state index in [1.165, 1.54) is 5.56 Å². The Bertz CT molecular complexity index is 914. The van der Waals surface area contributed by atoms with Crippen molar-refractivity contribution in [3.8, 4) is 11.5 Å². The van der Waals surface area contributed by atoms with E-state index in [9.17, 15) is 4.79 Å². The van der Waals surface area contributed by atoms with Crippen LogP contribution in [0.3, 0.4) is 0 Å². The predicted octanol–water partition coefficient (Wildman–Crippen LogP) is 5.06. The molecule has 0 bridgehead atoms. The van der Waals surface area contributed by atoms with Crippen LogP contribution in [0.4, 0.5) is 0 Å². The van der Waals surface area contributed by atoms with E-state index in [1.807, 2.05) is 62.4 Å². The van der Waals surface area contributed by atoms with Crippen LogP contribution in [0, 0.1) is 6.92 Å². The van der Waals surface area contributed by atoms with Crippen molar-refractivity contribution in [3.63, 3.8) is 0 Å². The quantitative estimate of drug-likeness (QED) is 0.594. The highest BCUT2D eigenvalue weighted by Crippen LogP contribution is 2.27. The summed E-state index contributed by atoms with van der Waals surface area (Å²) in [6, 6.07) is 18.9. The summed E-state index contributed by atoms with van der Waals surface area (Å²) in [5, 5.41) is 3.03. The summed E-state index contributed by atoms with van der Waals surface area (Å²) in [7, 11) is 1.59. The molecule has 2 aromatic carbocycles. The van der Waals surface area contributed by atoms with Crippen molar-refractivity contribution in [3.05, 3.63) is 83.3 Å². The number of carbonyl (C=O) groups is 1. The second-order valence-electron chi connectivity index (χ2n) is 6.55. The van der Waals surface area contributed by atoms with Crippen LogP contribution in [0.1, 0.15) is 46.8 Å². The van der Waals surface area contributed by atoms with E-state index >= 15 is 0 Å². The number of rotatable bonds is 8. The lowest BCUT2D eigenvalue weighted by molar-refractivity contribution is 0.0903. The third-order valence-corrected chi connectivity index (χ3v) is 4.52. The number of furan rings is 1. The van der Waals surface area contributed by atoms with Crippen molar-refractivity contribution in [1.82, 2.24) is 5.32 Å². The molecule has 3 rings (SSSR count). The minimum atomic E-state index is -0.240. The molecule has 0 spiro atoms. The summed E-state index contributed by atoms with van der Waals surface area (Å²) >= 11 is 0. The second kappa shape index (κ2) is 9.13. The Morgan fingerprint density at radius 1 is 1.04 bits per heavy atom. The molecular weight excluding hydrogens is 354 g/mol. The maximum Gasteiger partial charge on any atom is 0.287 e. The van der Waals surface area contributed by atoms with Gasteiger partial charge in [-0.15, -0.1) is 0 Å². The molecule has 1 atom stereocenters. The van der Waals surface area contributed by atoms with Crippen LogP contribution in [0.15, 0.2) is 65.1 Å². The van der Waals surface area contributed by atoms with E-state index in [1.54, 1.807) is 19.2 Å². The lowest BCUT2D eigenvalue weighted by Crippen LogP contribution is -2.27. The maximum atomic E-state index is 12.6. The van der Waals surface area contributed by atoms with Gasteiger partial charge in [-0.25, -0.2) is 0 Å². The van der Waals surface area contributed by atoms with Crippen LogP contribution in [0.5, 0.6) is 11.5 Å². The van der Waals surface area contributed by atoms with Gasteiger partial charge in [0.2, 0.25) is 0 Å². The van der Waals surface area contributed by atoms with Gasteiger partial charge in [-0.05, 0) is 43.2 Å². The van der Waals surface area contributed by atoms with Gasteiger partial charge in [0.25, 0.3) is 5.91 Å². The summed E-state index contributed by atoms with van der Waals surface area (Å²) in [6.45, 7) is 4.29. The van der Waals surface area contributed by atoms with Crippen LogP contribution >= 0.6 is 0 Å². The normalized spacial score (nSPS) is 11.7. The SMILES string of the molecule is CCC(NC(=O)c1ccc(COc2ccccc2OC)o1)c1ccc(C)cc1. The average Bonchev–Trinajstić information content (AvgIpc) is 3.20. The molecule has 1 unspecified atom stereocenters. The zero-order chi connectivity index (χ0) is 19.9. The lowest BCUT2D eigenvalue weighted by atomic mass is 10.0. The predicted molar refractivity (Wildman–Crippen MR) is 108 cm³/mol. The highest BCUT2D eigenvalue weighted by atomic mass is 16.5. The van der Waals surface area contributed by atoms with Crippen molar-refractivity contribution in [2.45, 2.75) is 32.9 Å². The molecule has 28 heavy (non-hydrogen) atoms. The summed E-state index contributed by atoms with van der Waals surface area (Å²) in [5.41, 5.74) is 2.27. The number of hydrogen-bond donors (Lipinski definition) is 1. The van der Waals surface area contributed by atoms with Crippen LogP contribution in [-0.2, 0) is 6.61 Å². The van der Waals surface area contributed by atoms with E-state index in [-0.39, 0.29) is 24.3 Å². The number of benzene rings is 2. The van der Waals surface area contributed by atoms with Gasteiger partial charge < -0.3 is 19.2 Å². The van der Waals surface area contributed by atoms with E-state index in [2.05, 4.69) is 5.32 Å². The molecule has 1 heterocycles. The van der Waals surface area contributed by atoms with E-state index < -0.39 is 0 Å². The number of nitrogens with one attached hydrogen (secondary N) is 1. The second-order valence-corrected chi connectivity index (χ2v) is 6.55. The first-order valence-corrected chi connectivity index (χ1v) is 9.32. The minimum Gasteiger partial charge on any atom is -0.493 e. The van der Waals surface area contributed by atoms with E-state index in [4.69, 9.17) is 13.9 Å². The van der Waals surface area contributed by atoms with Gasteiger partial charge in [0.1, 0.15) is 12.4 Å². The van der Waals surface area contributed by atoms with Crippen molar-refractivity contribution < 1.29 is 18.7 Å². The number of hydrogen-bond acceptors (Lipinski definition) is 4. The molecule has 0 fully saturated rings. The van der Waals surface area contributed by atoms with Crippen molar-refractivity contribution in [2.75, 3.05) is 7.11 Å². The Labute approximate surface area is 165 Å². The summed E-state index contributed by atoms with van der Waals surface area (Å²) in [5.74, 6) is 1.87. The summed E-state index contributed by atoms with van der Waals surface area (Å²) < 4.78 is 16.7. The smallest absolute Gasteiger partial charge is 0.287 e. The molecule has 0 saturated carbocycles. The van der Waals surface area contributed by atoms with Crippen molar-refractivity contribution in [1.29, 1.82) is 0 Å². The topological polar surface area (TPSA) is 60.7 Å². The fraction of sp³-hybridized carbons (Fsp3) is 0.261. The Hall–Kier alpha value is -3.21. The van der Waals surface area contributed by atoms with Crippen LogP contribution in [0.25, 0.3) is 0 Å². The van der Waals surface area contributed by atoms with Crippen molar-refractivity contribution >= 4 is 5.91 Å². The zero-order valence-corrected chi connectivity index (χ0v) is 16.4. The van der Waals surface area contributed by atoms with E-state index in [0.717, 1.165) is 12.0 Å². The molecule has 0 aliphatic rings. The standard InChI is InChI=1S/C23H25NO4/c1-4-19(17-11-9-16(2)10-12-17)24-23(25)22-14-13-18(28-22)15-27-21-8-6-5-7-20(21)26-3/h5-14,19H,4,15H2,1-3H3,(H,24,25). The lowest BCUT2D eigenvalue weighted by Gasteiger charge is -2.17. The Balaban J connectivity index is 1.62. The zero-order valence-electron chi connectivity index (χ0n) is 16.4. The van der Waals surface area contributed by atoms with Crippen molar-refractivity contribution in [2.24, 2.45) is 0 Å². The first kappa shape index (κ1) is 19.5. The first-order chi connectivity index (χ1) is 13.6. The Morgan fingerprint density at radius 3 is 2.43 bits per heavy atom. The monoisotopic (exact) mass is 379 g/mol. The molecule has 0 aliphatic heterocycles. The number of methoxy groups -OCH3 is 1. The third kappa shape index (κ3) is 4.74. The van der Waals surface area contributed by atoms with Crippen LogP contribution in [-0.4, -0.2) is 13.0 Å². The van der Waals surface area contributed by atoms with Gasteiger partial charge in [-0.2, -0.15) is 0 Å². The molecule has 5 nitrogen and oxygen atoms in total. The Morgan fingerprint density at radius 2 is 1.75 bits per heavy atom.